The second-order valence-corrected chi connectivity index (χ2v) is 5.69. The molecule has 0 aliphatic carbocycles. The maximum absolute atomic E-state index is 11.7. The number of hydrogen-bond acceptors (Lipinski definition) is 4. The topological polar surface area (TPSA) is 48.4 Å². The van der Waals surface area contributed by atoms with Gasteiger partial charge in [-0.05, 0) is 25.3 Å². The standard InChI is InChI=1S/C14H21NO3/c1-10(2)18-12-7-6-11(8-15-12)13(16)17-9-14(3,4)5/h6-8,10H,9H2,1-5H3. The van der Waals surface area contributed by atoms with Crippen LogP contribution in [0.4, 0.5) is 0 Å². The molecular formula is C14H21NO3. The second-order valence-electron chi connectivity index (χ2n) is 5.69. The van der Waals surface area contributed by atoms with Crippen LogP contribution in [0.1, 0.15) is 45.0 Å². The van der Waals surface area contributed by atoms with Gasteiger partial charge in [0.15, 0.2) is 0 Å². The van der Waals surface area contributed by atoms with Gasteiger partial charge in [0.2, 0.25) is 5.88 Å². The molecule has 0 spiro atoms. The van der Waals surface area contributed by atoms with Crippen molar-refractivity contribution in [1.82, 2.24) is 4.98 Å². The number of pyridine rings is 1. The van der Waals surface area contributed by atoms with Gasteiger partial charge >= 0.3 is 5.97 Å². The lowest BCUT2D eigenvalue weighted by Crippen LogP contribution is -2.18. The van der Waals surface area contributed by atoms with Crippen LogP contribution in [0.5, 0.6) is 5.88 Å². The zero-order valence-corrected chi connectivity index (χ0v) is 11.7. The van der Waals surface area contributed by atoms with Crippen LogP contribution in [0.3, 0.4) is 0 Å². The SMILES string of the molecule is CC(C)Oc1ccc(C(=O)OCC(C)(C)C)cn1. The first kappa shape index (κ1) is 14.5. The van der Waals surface area contributed by atoms with Crippen LogP contribution in [0.25, 0.3) is 0 Å². The summed E-state index contributed by atoms with van der Waals surface area (Å²) in [5, 5.41) is 0. The Hall–Kier alpha value is -1.58. The fourth-order valence-corrected chi connectivity index (χ4v) is 1.18. The normalized spacial score (nSPS) is 11.4. The number of carbonyl (C=O) groups excluding carboxylic acids is 1. The van der Waals surface area contributed by atoms with Gasteiger partial charge in [-0.15, -0.1) is 0 Å². The van der Waals surface area contributed by atoms with Gasteiger partial charge in [0, 0.05) is 12.3 Å². The van der Waals surface area contributed by atoms with Gasteiger partial charge in [0.1, 0.15) is 0 Å². The number of aromatic nitrogens is 1. The molecule has 1 heterocycles. The summed E-state index contributed by atoms with van der Waals surface area (Å²) in [6.45, 7) is 10.3. The van der Waals surface area contributed by atoms with E-state index in [0.717, 1.165) is 0 Å². The number of carbonyl (C=O) groups is 1. The van der Waals surface area contributed by atoms with E-state index in [9.17, 15) is 4.79 Å². The van der Waals surface area contributed by atoms with Gasteiger partial charge in [-0.2, -0.15) is 0 Å². The summed E-state index contributed by atoms with van der Waals surface area (Å²) < 4.78 is 10.6. The molecule has 0 unspecified atom stereocenters. The Balaban J connectivity index is 2.59. The van der Waals surface area contributed by atoms with E-state index >= 15 is 0 Å². The fraction of sp³-hybridized carbons (Fsp3) is 0.571. The molecule has 0 aliphatic rings. The van der Waals surface area contributed by atoms with E-state index in [1.54, 1.807) is 12.1 Å². The van der Waals surface area contributed by atoms with E-state index in [1.165, 1.54) is 6.20 Å². The van der Waals surface area contributed by atoms with Crippen LogP contribution in [-0.2, 0) is 4.74 Å². The van der Waals surface area contributed by atoms with Crippen molar-refractivity contribution in [3.05, 3.63) is 23.9 Å². The number of esters is 1. The van der Waals surface area contributed by atoms with Crippen LogP contribution < -0.4 is 4.74 Å². The second kappa shape index (κ2) is 5.85. The monoisotopic (exact) mass is 251 g/mol. The van der Waals surface area contributed by atoms with Gasteiger partial charge in [-0.3, -0.25) is 0 Å². The molecule has 0 amide bonds. The molecule has 0 saturated heterocycles. The number of hydrogen-bond donors (Lipinski definition) is 0. The first-order chi connectivity index (χ1) is 8.28. The highest BCUT2D eigenvalue weighted by molar-refractivity contribution is 5.89. The minimum absolute atomic E-state index is 0.0379. The Morgan fingerprint density at radius 1 is 1.33 bits per heavy atom. The van der Waals surface area contributed by atoms with Crippen molar-refractivity contribution < 1.29 is 14.3 Å². The third-order valence-corrected chi connectivity index (χ3v) is 1.96. The van der Waals surface area contributed by atoms with E-state index < -0.39 is 0 Å². The summed E-state index contributed by atoms with van der Waals surface area (Å²) in [6, 6.07) is 3.34. The van der Waals surface area contributed by atoms with E-state index in [-0.39, 0.29) is 17.5 Å². The molecule has 0 bridgehead atoms. The largest absolute Gasteiger partial charge is 0.475 e. The third kappa shape index (κ3) is 5.17. The molecule has 0 aliphatic heterocycles. The molecule has 4 nitrogen and oxygen atoms in total. The summed E-state index contributed by atoms with van der Waals surface area (Å²) in [5.74, 6) is 0.158. The third-order valence-electron chi connectivity index (χ3n) is 1.96. The Morgan fingerprint density at radius 3 is 2.44 bits per heavy atom. The lowest BCUT2D eigenvalue weighted by molar-refractivity contribution is 0.0366. The van der Waals surface area contributed by atoms with Crippen molar-refractivity contribution in [2.24, 2.45) is 5.41 Å². The molecule has 0 radical (unpaired) electrons. The predicted molar refractivity (Wildman–Crippen MR) is 69.7 cm³/mol. The molecule has 0 aromatic carbocycles. The highest BCUT2D eigenvalue weighted by atomic mass is 16.5. The Kier molecular flexibility index (Phi) is 4.70. The summed E-state index contributed by atoms with van der Waals surface area (Å²) in [6.07, 6.45) is 1.54. The molecule has 18 heavy (non-hydrogen) atoms. The highest BCUT2D eigenvalue weighted by Crippen LogP contribution is 2.15. The van der Waals surface area contributed by atoms with Crippen LogP contribution in [0.2, 0.25) is 0 Å². The van der Waals surface area contributed by atoms with Crippen molar-refractivity contribution >= 4 is 5.97 Å². The van der Waals surface area contributed by atoms with Crippen molar-refractivity contribution in [2.75, 3.05) is 6.61 Å². The van der Waals surface area contributed by atoms with Crippen LogP contribution in [-0.4, -0.2) is 23.7 Å². The Bertz CT molecular complexity index is 390. The molecule has 0 atom stereocenters. The lowest BCUT2D eigenvalue weighted by Gasteiger charge is -2.17. The van der Waals surface area contributed by atoms with E-state index in [1.807, 2.05) is 34.6 Å². The first-order valence-corrected chi connectivity index (χ1v) is 6.08. The van der Waals surface area contributed by atoms with Crippen molar-refractivity contribution in [1.29, 1.82) is 0 Å². The summed E-state index contributed by atoms with van der Waals surface area (Å²) in [7, 11) is 0. The average Bonchev–Trinajstić information content (AvgIpc) is 2.25. The zero-order chi connectivity index (χ0) is 13.8. The molecule has 100 valence electrons. The molecule has 1 aromatic heterocycles. The maximum Gasteiger partial charge on any atom is 0.339 e. The van der Waals surface area contributed by atoms with Crippen LogP contribution in [0, 0.1) is 5.41 Å². The predicted octanol–water partition coefficient (Wildman–Crippen LogP) is 3.07. The van der Waals surface area contributed by atoms with Crippen molar-refractivity contribution in [3.63, 3.8) is 0 Å². The average molecular weight is 251 g/mol. The van der Waals surface area contributed by atoms with Gasteiger partial charge in [0.25, 0.3) is 0 Å². The van der Waals surface area contributed by atoms with Gasteiger partial charge < -0.3 is 9.47 Å². The molecule has 0 N–H and O–H groups in total. The minimum Gasteiger partial charge on any atom is -0.475 e. The summed E-state index contributed by atoms with van der Waals surface area (Å²) in [5.41, 5.74) is 0.402. The molecule has 0 saturated carbocycles. The summed E-state index contributed by atoms with van der Waals surface area (Å²) in [4.78, 5) is 15.8. The Morgan fingerprint density at radius 2 is 2.00 bits per heavy atom. The molecule has 1 rings (SSSR count). The van der Waals surface area contributed by atoms with E-state index in [0.29, 0.717) is 18.1 Å². The molecule has 0 fully saturated rings. The lowest BCUT2D eigenvalue weighted by atomic mass is 9.99. The fourth-order valence-electron chi connectivity index (χ4n) is 1.18. The molecular weight excluding hydrogens is 230 g/mol. The maximum atomic E-state index is 11.7. The number of nitrogens with zero attached hydrogens (tertiary/aromatic N) is 1. The molecule has 4 heteroatoms. The molecule has 1 aromatic rings. The van der Waals surface area contributed by atoms with Gasteiger partial charge in [-0.1, -0.05) is 20.8 Å². The zero-order valence-electron chi connectivity index (χ0n) is 11.7. The van der Waals surface area contributed by atoms with Gasteiger partial charge in [-0.25, -0.2) is 9.78 Å². The summed E-state index contributed by atoms with van der Waals surface area (Å²) >= 11 is 0. The number of ether oxygens (including phenoxy) is 2. The van der Waals surface area contributed by atoms with Crippen molar-refractivity contribution in [2.45, 2.75) is 40.7 Å². The first-order valence-electron chi connectivity index (χ1n) is 6.08. The van der Waals surface area contributed by atoms with E-state index in [2.05, 4.69) is 4.98 Å². The quantitative estimate of drug-likeness (QED) is 0.772. The smallest absolute Gasteiger partial charge is 0.339 e. The van der Waals surface area contributed by atoms with E-state index in [4.69, 9.17) is 9.47 Å². The van der Waals surface area contributed by atoms with Crippen LogP contribution in [0.15, 0.2) is 18.3 Å². The van der Waals surface area contributed by atoms with Crippen molar-refractivity contribution in [3.8, 4) is 5.88 Å². The number of rotatable bonds is 4. The highest BCUT2D eigenvalue weighted by Gasteiger charge is 2.15. The van der Waals surface area contributed by atoms with Gasteiger partial charge in [0.05, 0.1) is 18.3 Å². The van der Waals surface area contributed by atoms with Crippen LogP contribution >= 0.6 is 0 Å². The Labute approximate surface area is 108 Å². The minimum atomic E-state index is -0.353.